The highest BCUT2D eigenvalue weighted by Crippen LogP contribution is 2.07. The summed E-state index contributed by atoms with van der Waals surface area (Å²) in [5.41, 5.74) is 6.23. The van der Waals surface area contributed by atoms with Crippen LogP contribution >= 0.6 is 0 Å². The second kappa shape index (κ2) is 13.9. The van der Waals surface area contributed by atoms with Crippen molar-refractivity contribution in [2.75, 3.05) is 6.61 Å². The van der Waals surface area contributed by atoms with E-state index in [1.54, 1.807) is 44.2 Å². The number of aliphatic hydroxyl groups is 1. The molecule has 0 fully saturated rings. The fourth-order valence-corrected chi connectivity index (χ4v) is 3.05. The predicted molar refractivity (Wildman–Crippen MR) is 120 cm³/mol. The van der Waals surface area contributed by atoms with Crippen LogP contribution in [0.25, 0.3) is 0 Å². The van der Waals surface area contributed by atoms with Crippen molar-refractivity contribution in [2.24, 2.45) is 11.7 Å². The molecule has 0 aliphatic heterocycles. The van der Waals surface area contributed by atoms with E-state index in [4.69, 9.17) is 10.8 Å². The molecule has 3 amide bonds. The molecule has 1 aromatic rings. The summed E-state index contributed by atoms with van der Waals surface area (Å²) in [5.74, 6) is -5.22. The Hall–Kier alpha value is -3.51. The largest absolute Gasteiger partial charge is 0.481 e. The molecule has 12 nitrogen and oxygen atoms in total. The van der Waals surface area contributed by atoms with E-state index in [0.29, 0.717) is 5.56 Å². The lowest BCUT2D eigenvalue weighted by Crippen LogP contribution is -2.58. The second-order valence-electron chi connectivity index (χ2n) is 8.23. The van der Waals surface area contributed by atoms with Crippen molar-refractivity contribution in [3.8, 4) is 0 Å². The first-order chi connectivity index (χ1) is 15.9. The van der Waals surface area contributed by atoms with Crippen molar-refractivity contribution in [3.63, 3.8) is 0 Å². The molecule has 0 heterocycles. The van der Waals surface area contributed by atoms with Crippen LogP contribution in [0.1, 0.15) is 32.3 Å². The fourth-order valence-electron chi connectivity index (χ4n) is 3.05. The number of hydrogen-bond donors (Lipinski definition) is 7. The molecule has 0 saturated carbocycles. The Morgan fingerprint density at radius 1 is 0.853 bits per heavy atom. The fraction of sp³-hybridized carbons (Fsp3) is 0.500. The molecule has 0 aliphatic rings. The zero-order valence-electron chi connectivity index (χ0n) is 19.1. The third kappa shape index (κ3) is 9.96. The maximum Gasteiger partial charge on any atom is 0.326 e. The van der Waals surface area contributed by atoms with Gasteiger partial charge in [-0.2, -0.15) is 0 Å². The molecule has 0 bridgehead atoms. The number of carbonyl (C=O) groups excluding carboxylic acids is 3. The van der Waals surface area contributed by atoms with Gasteiger partial charge in [-0.05, 0) is 17.9 Å². The van der Waals surface area contributed by atoms with Crippen molar-refractivity contribution in [1.82, 2.24) is 16.0 Å². The number of carboxylic acid groups (broad SMARTS) is 2. The van der Waals surface area contributed by atoms with E-state index in [2.05, 4.69) is 16.0 Å². The summed E-state index contributed by atoms with van der Waals surface area (Å²) in [4.78, 5) is 60.0. The van der Waals surface area contributed by atoms with Crippen molar-refractivity contribution in [3.05, 3.63) is 35.9 Å². The van der Waals surface area contributed by atoms with Crippen molar-refractivity contribution < 1.29 is 39.3 Å². The Balaban J connectivity index is 2.98. The number of rotatable bonds is 14. The van der Waals surface area contributed by atoms with E-state index in [9.17, 15) is 34.2 Å². The van der Waals surface area contributed by atoms with Crippen molar-refractivity contribution in [2.45, 2.75) is 57.3 Å². The third-order valence-corrected chi connectivity index (χ3v) is 4.78. The summed E-state index contributed by atoms with van der Waals surface area (Å²) in [6, 6.07) is 3.22. The average molecular weight is 481 g/mol. The number of carboxylic acids is 2. The molecule has 0 saturated heterocycles. The lowest BCUT2D eigenvalue weighted by atomic mass is 10.0. The van der Waals surface area contributed by atoms with Gasteiger partial charge in [0.25, 0.3) is 0 Å². The van der Waals surface area contributed by atoms with Gasteiger partial charge in [0, 0.05) is 6.42 Å². The van der Waals surface area contributed by atoms with Gasteiger partial charge < -0.3 is 37.0 Å². The van der Waals surface area contributed by atoms with E-state index >= 15 is 0 Å². The summed E-state index contributed by atoms with van der Waals surface area (Å²) < 4.78 is 0. The maximum absolute atomic E-state index is 12.9. The van der Waals surface area contributed by atoms with Gasteiger partial charge in [-0.15, -0.1) is 0 Å². The smallest absolute Gasteiger partial charge is 0.326 e. The minimum atomic E-state index is -1.48. The topological polar surface area (TPSA) is 208 Å². The first-order valence-electron chi connectivity index (χ1n) is 10.7. The molecular formula is C22H32N4O8. The monoisotopic (exact) mass is 480 g/mol. The number of benzene rings is 1. The van der Waals surface area contributed by atoms with Gasteiger partial charge in [0.05, 0.1) is 19.1 Å². The molecule has 0 spiro atoms. The normalized spacial score (nSPS) is 14.4. The molecule has 188 valence electrons. The molecule has 1 rings (SSSR count). The number of aliphatic hydroxyl groups excluding tert-OH is 1. The Labute approximate surface area is 196 Å². The van der Waals surface area contributed by atoms with Crippen LogP contribution in [0, 0.1) is 5.92 Å². The number of amides is 3. The van der Waals surface area contributed by atoms with Gasteiger partial charge in [0.15, 0.2) is 0 Å². The minimum Gasteiger partial charge on any atom is -0.481 e. The first kappa shape index (κ1) is 28.5. The van der Waals surface area contributed by atoms with E-state index in [-0.39, 0.29) is 18.8 Å². The van der Waals surface area contributed by atoms with Crippen LogP contribution in [0.2, 0.25) is 0 Å². The highest BCUT2D eigenvalue weighted by atomic mass is 16.4. The molecule has 4 unspecified atom stereocenters. The Kier molecular flexibility index (Phi) is 11.7. The van der Waals surface area contributed by atoms with Gasteiger partial charge in [-0.3, -0.25) is 19.2 Å². The lowest BCUT2D eigenvalue weighted by Gasteiger charge is -2.24. The molecule has 34 heavy (non-hydrogen) atoms. The van der Waals surface area contributed by atoms with Gasteiger partial charge >= 0.3 is 11.9 Å². The van der Waals surface area contributed by atoms with Gasteiger partial charge in [-0.25, -0.2) is 4.79 Å². The zero-order valence-corrected chi connectivity index (χ0v) is 19.1. The summed E-state index contributed by atoms with van der Waals surface area (Å²) in [7, 11) is 0. The van der Waals surface area contributed by atoms with Crippen LogP contribution in [-0.2, 0) is 30.4 Å². The van der Waals surface area contributed by atoms with Crippen molar-refractivity contribution in [1.29, 1.82) is 0 Å². The van der Waals surface area contributed by atoms with Gasteiger partial charge in [0.2, 0.25) is 17.7 Å². The van der Waals surface area contributed by atoms with Crippen LogP contribution < -0.4 is 21.7 Å². The first-order valence-corrected chi connectivity index (χ1v) is 10.7. The minimum absolute atomic E-state index is 0.0108. The van der Waals surface area contributed by atoms with Crippen LogP contribution in [0.15, 0.2) is 30.3 Å². The molecule has 0 radical (unpaired) electrons. The van der Waals surface area contributed by atoms with E-state index in [1.165, 1.54) is 0 Å². The van der Waals surface area contributed by atoms with Crippen LogP contribution in [0.5, 0.6) is 0 Å². The number of aliphatic carboxylic acids is 2. The van der Waals surface area contributed by atoms with E-state index in [0.717, 1.165) is 0 Å². The molecular weight excluding hydrogens is 448 g/mol. The summed E-state index contributed by atoms with van der Waals surface area (Å²) in [5, 5.41) is 34.7. The van der Waals surface area contributed by atoms with Crippen LogP contribution in [-0.4, -0.2) is 75.8 Å². The zero-order chi connectivity index (χ0) is 25.8. The van der Waals surface area contributed by atoms with Crippen molar-refractivity contribution >= 4 is 29.7 Å². The lowest BCUT2D eigenvalue weighted by molar-refractivity contribution is -0.143. The number of nitrogens with two attached hydrogens (primary N) is 1. The molecule has 0 aromatic heterocycles. The highest BCUT2D eigenvalue weighted by Gasteiger charge is 2.30. The number of carbonyl (C=O) groups is 5. The Morgan fingerprint density at radius 2 is 1.38 bits per heavy atom. The Bertz CT molecular complexity index is 862. The maximum atomic E-state index is 12.9. The predicted octanol–water partition coefficient (Wildman–Crippen LogP) is -1.39. The molecule has 1 aromatic carbocycles. The highest BCUT2D eigenvalue weighted by molar-refractivity contribution is 5.94. The van der Waals surface area contributed by atoms with Crippen LogP contribution in [0.4, 0.5) is 0 Å². The summed E-state index contributed by atoms with van der Waals surface area (Å²) >= 11 is 0. The van der Waals surface area contributed by atoms with E-state index < -0.39 is 66.9 Å². The van der Waals surface area contributed by atoms with Crippen LogP contribution in [0.3, 0.4) is 0 Å². The third-order valence-electron chi connectivity index (χ3n) is 4.78. The number of hydrogen-bond acceptors (Lipinski definition) is 7. The molecule has 12 heteroatoms. The molecule has 4 atom stereocenters. The molecule has 0 aliphatic carbocycles. The van der Waals surface area contributed by atoms with Gasteiger partial charge in [0.1, 0.15) is 18.1 Å². The average Bonchev–Trinajstić information content (AvgIpc) is 2.75. The van der Waals surface area contributed by atoms with E-state index in [1.807, 2.05) is 0 Å². The Morgan fingerprint density at radius 3 is 1.88 bits per heavy atom. The SMILES string of the molecule is CC(C)CC(NC(=O)C(CO)NC(=O)C(Cc1ccccc1)NC(=O)C(N)CC(=O)O)C(=O)O. The number of nitrogens with one attached hydrogen (secondary N) is 3. The standard InChI is InChI=1S/C22H32N4O8/c1-12(2)8-16(22(33)34)25-21(32)17(11-27)26-20(31)15(9-13-6-4-3-5-7-13)24-19(30)14(23)10-18(28)29/h3-7,12,14-17,27H,8-11,23H2,1-2H3,(H,24,30)(H,25,32)(H,26,31)(H,28,29)(H,33,34). The second-order valence-corrected chi connectivity index (χ2v) is 8.23. The quantitative estimate of drug-likeness (QED) is 0.167. The summed E-state index contributed by atoms with van der Waals surface area (Å²) in [6.07, 6.45) is -0.524. The van der Waals surface area contributed by atoms with Gasteiger partial charge in [-0.1, -0.05) is 44.2 Å². The summed E-state index contributed by atoms with van der Waals surface area (Å²) in [6.45, 7) is 2.73. The molecule has 8 N–H and O–H groups in total.